The van der Waals surface area contributed by atoms with Crippen molar-refractivity contribution in [2.75, 3.05) is 19.7 Å². The molecule has 0 aliphatic carbocycles. The Kier molecular flexibility index (Phi) is 7.70. The van der Waals surface area contributed by atoms with Gasteiger partial charge in [0.1, 0.15) is 11.8 Å². The Morgan fingerprint density at radius 1 is 1.28 bits per heavy atom. The van der Waals surface area contributed by atoms with Crippen LogP contribution in [0.25, 0.3) is 0 Å². The molecule has 0 aromatic heterocycles. The van der Waals surface area contributed by atoms with Crippen LogP contribution in [0.4, 0.5) is 0 Å². The summed E-state index contributed by atoms with van der Waals surface area (Å²) in [4.78, 5) is 35.7. The van der Waals surface area contributed by atoms with Crippen LogP contribution in [0.1, 0.15) is 25.0 Å². The largest absolute Gasteiger partial charge is 0.484 e. The number of amides is 2. The summed E-state index contributed by atoms with van der Waals surface area (Å²) in [6.07, 6.45) is 0. The van der Waals surface area contributed by atoms with Crippen LogP contribution in [-0.4, -0.2) is 53.5 Å². The molecule has 1 aromatic carbocycles. The number of halogens is 1. The smallest absolute Gasteiger partial charge is 0.326 e. The number of carbonyl (C=O) groups is 3. The highest BCUT2D eigenvalue weighted by Crippen LogP contribution is 2.25. The maximum Gasteiger partial charge on any atom is 0.326 e. The first-order valence-corrected chi connectivity index (χ1v) is 8.17. The number of benzene rings is 1. The summed E-state index contributed by atoms with van der Waals surface area (Å²) in [6, 6.07) is 2.40. The molecule has 1 unspecified atom stereocenters. The van der Waals surface area contributed by atoms with E-state index < -0.39 is 17.9 Å². The summed E-state index contributed by atoms with van der Waals surface area (Å²) in [7, 11) is 0. The summed E-state index contributed by atoms with van der Waals surface area (Å²) in [5, 5.41) is 12.3. The van der Waals surface area contributed by atoms with Crippen LogP contribution in [0.2, 0.25) is 5.02 Å². The highest BCUT2D eigenvalue weighted by atomic mass is 35.5. The van der Waals surface area contributed by atoms with Crippen molar-refractivity contribution < 1.29 is 24.2 Å². The Morgan fingerprint density at radius 2 is 1.84 bits per heavy atom. The van der Waals surface area contributed by atoms with E-state index in [1.165, 1.54) is 13.8 Å². The molecule has 0 saturated heterocycles. The molecule has 1 atom stereocenters. The van der Waals surface area contributed by atoms with Crippen molar-refractivity contribution >= 4 is 29.4 Å². The molecule has 0 aliphatic rings. The van der Waals surface area contributed by atoms with E-state index in [9.17, 15) is 14.4 Å². The standard InChI is InChI=1S/C17H23ClN2O5/c1-10-7-14(8-11(2)16(10)18)25-9-15(22)20(12(3)17(23)24)6-5-19-13(4)21/h7-8,12H,5-6,9H2,1-4H3,(H,19,21)(H,23,24). The van der Waals surface area contributed by atoms with Gasteiger partial charge in [-0.2, -0.15) is 0 Å². The third-order valence-corrected chi connectivity index (χ3v) is 4.24. The van der Waals surface area contributed by atoms with Gasteiger partial charge in [0.05, 0.1) is 0 Å². The number of aliphatic carboxylic acids is 1. The zero-order chi connectivity index (χ0) is 19.1. The fourth-order valence-corrected chi connectivity index (χ4v) is 2.35. The second-order valence-corrected chi connectivity index (χ2v) is 6.12. The van der Waals surface area contributed by atoms with Crippen molar-refractivity contribution in [1.82, 2.24) is 10.2 Å². The molecule has 7 nitrogen and oxygen atoms in total. The van der Waals surface area contributed by atoms with Crippen molar-refractivity contribution in [1.29, 1.82) is 0 Å². The average molecular weight is 371 g/mol. The number of nitrogens with one attached hydrogen (secondary N) is 1. The van der Waals surface area contributed by atoms with E-state index in [1.807, 2.05) is 13.8 Å². The molecular formula is C17H23ClN2O5. The Morgan fingerprint density at radius 3 is 2.32 bits per heavy atom. The van der Waals surface area contributed by atoms with E-state index in [-0.39, 0.29) is 25.6 Å². The van der Waals surface area contributed by atoms with Gasteiger partial charge in [-0.05, 0) is 44.0 Å². The van der Waals surface area contributed by atoms with Gasteiger partial charge in [-0.1, -0.05) is 11.6 Å². The third-order valence-electron chi connectivity index (χ3n) is 3.64. The molecule has 138 valence electrons. The Balaban J connectivity index is 2.77. The van der Waals surface area contributed by atoms with Crippen molar-refractivity contribution in [2.24, 2.45) is 0 Å². The van der Waals surface area contributed by atoms with Gasteiger partial charge in [0.15, 0.2) is 6.61 Å². The van der Waals surface area contributed by atoms with Crippen LogP contribution in [0.15, 0.2) is 12.1 Å². The monoisotopic (exact) mass is 370 g/mol. The lowest BCUT2D eigenvalue weighted by atomic mass is 10.1. The first kappa shape index (κ1) is 20.8. The number of hydrogen-bond donors (Lipinski definition) is 2. The number of hydrogen-bond acceptors (Lipinski definition) is 4. The summed E-state index contributed by atoms with van der Waals surface area (Å²) < 4.78 is 5.49. The first-order chi connectivity index (χ1) is 11.6. The minimum absolute atomic E-state index is 0.0773. The molecule has 2 N–H and O–H groups in total. The van der Waals surface area contributed by atoms with Gasteiger partial charge in [-0.25, -0.2) is 4.79 Å². The van der Waals surface area contributed by atoms with Gasteiger partial charge >= 0.3 is 5.97 Å². The molecule has 2 amide bonds. The molecule has 8 heteroatoms. The molecule has 1 aromatic rings. The van der Waals surface area contributed by atoms with Gasteiger partial charge in [0.25, 0.3) is 5.91 Å². The molecule has 25 heavy (non-hydrogen) atoms. The molecule has 0 spiro atoms. The Bertz CT molecular complexity index is 639. The van der Waals surface area contributed by atoms with E-state index >= 15 is 0 Å². The lowest BCUT2D eigenvalue weighted by molar-refractivity contribution is -0.150. The van der Waals surface area contributed by atoms with Crippen LogP contribution in [0.5, 0.6) is 5.75 Å². The predicted octanol–water partition coefficient (Wildman–Crippen LogP) is 1.77. The Labute approximate surface area is 151 Å². The van der Waals surface area contributed by atoms with Crippen LogP contribution in [0, 0.1) is 13.8 Å². The van der Waals surface area contributed by atoms with Gasteiger partial charge in [0, 0.05) is 25.0 Å². The minimum Gasteiger partial charge on any atom is -0.484 e. The van der Waals surface area contributed by atoms with Crippen molar-refractivity contribution in [3.05, 3.63) is 28.3 Å². The van der Waals surface area contributed by atoms with E-state index in [4.69, 9.17) is 21.4 Å². The number of ether oxygens (including phenoxy) is 1. The van der Waals surface area contributed by atoms with Gasteiger partial charge in [-0.3, -0.25) is 9.59 Å². The zero-order valence-corrected chi connectivity index (χ0v) is 15.5. The van der Waals surface area contributed by atoms with Crippen molar-refractivity contribution in [3.63, 3.8) is 0 Å². The summed E-state index contributed by atoms with van der Waals surface area (Å²) in [5.74, 6) is -1.38. The van der Waals surface area contributed by atoms with Crippen LogP contribution in [-0.2, 0) is 14.4 Å². The fourth-order valence-electron chi connectivity index (χ4n) is 2.24. The molecular weight excluding hydrogens is 348 g/mol. The molecule has 0 saturated carbocycles. The first-order valence-electron chi connectivity index (χ1n) is 7.79. The van der Waals surface area contributed by atoms with Crippen LogP contribution in [0.3, 0.4) is 0 Å². The summed E-state index contributed by atoms with van der Waals surface area (Å²) in [5.41, 5.74) is 1.65. The van der Waals surface area contributed by atoms with E-state index in [1.54, 1.807) is 12.1 Å². The highest BCUT2D eigenvalue weighted by Gasteiger charge is 2.25. The van der Waals surface area contributed by atoms with Crippen molar-refractivity contribution in [3.8, 4) is 5.75 Å². The molecule has 1 rings (SSSR count). The van der Waals surface area contributed by atoms with Gasteiger partial charge in [-0.15, -0.1) is 0 Å². The SMILES string of the molecule is CC(=O)NCCN(C(=O)COc1cc(C)c(Cl)c(C)c1)C(C)C(=O)O. The normalized spacial score (nSPS) is 11.6. The summed E-state index contributed by atoms with van der Waals surface area (Å²) >= 11 is 6.09. The van der Waals surface area contributed by atoms with E-state index in [0.717, 1.165) is 16.0 Å². The lowest BCUT2D eigenvalue weighted by Gasteiger charge is -2.26. The third kappa shape index (κ3) is 6.26. The zero-order valence-electron chi connectivity index (χ0n) is 14.8. The number of carbonyl (C=O) groups excluding carboxylic acids is 2. The number of rotatable bonds is 8. The predicted molar refractivity (Wildman–Crippen MR) is 93.9 cm³/mol. The number of carboxylic acid groups (broad SMARTS) is 1. The molecule has 0 radical (unpaired) electrons. The second-order valence-electron chi connectivity index (χ2n) is 5.74. The maximum atomic E-state index is 12.4. The fraction of sp³-hybridized carbons (Fsp3) is 0.471. The summed E-state index contributed by atoms with van der Waals surface area (Å²) in [6.45, 7) is 6.35. The van der Waals surface area contributed by atoms with E-state index in [0.29, 0.717) is 10.8 Å². The second kappa shape index (κ2) is 9.27. The highest BCUT2D eigenvalue weighted by molar-refractivity contribution is 6.32. The molecule has 0 fully saturated rings. The van der Waals surface area contributed by atoms with Crippen molar-refractivity contribution in [2.45, 2.75) is 33.7 Å². The maximum absolute atomic E-state index is 12.4. The average Bonchev–Trinajstić information content (AvgIpc) is 2.53. The Hall–Kier alpha value is -2.28. The number of nitrogens with zero attached hydrogens (tertiary/aromatic N) is 1. The quantitative estimate of drug-likeness (QED) is 0.727. The van der Waals surface area contributed by atoms with Gasteiger partial charge in [0.2, 0.25) is 5.91 Å². The topological polar surface area (TPSA) is 95.9 Å². The van der Waals surface area contributed by atoms with E-state index in [2.05, 4.69) is 5.32 Å². The minimum atomic E-state index is -1.13. The lowest BCUT2D eigenvalue weighted by Crippen LogP contribution is -2.48. The number of carboxylic acids is 1. The molecule has 0 aliphatic heterocycles. The van der Waals surface area contributed by atoms with Gasteiger partial charge < -0.3 is 20.1 Å². The van der Waals surface area contributed by atoms with Crippen LogP contribution >= 0.6 is 11.6 Å². The molecule has 0 bridgehead atoms. The van der Waals surface area contributed by atoms with Crippen LogP contribution < -0.4 is 10.1 Å². The molecule has 0 heterocycles. The number of aryl methyl sites for hydroxylation is 2.